The van der Waals surface area contributed by atoms with Gasteiger partial charge in [0.1, 0.15) is 0 Å². The van der Waals surface area contributed by atoms with Crippen molar-refractivity contribution in [2.75, 3.05) is 26.2 Å². The van der Waals surface area contributed by atoms with Gasteiger partial charge < -0.3 is 10.2 Å². The highest BCUT2D eigenvalue weighted by Gasteiger charge is 2.45. The average molecular weight is 244 g/mol. The van der Waals surface area contributed by atoms with Crippen LogP contribution in [0.3, 0.4) is 0 Å². The molecule has 1 aromatic carbocycles. The maximum absolute atomic E-state index is 3.84. The molecule has 3 aliphatic heterocycles. The largest absolute Gasteiger partial charge is 0.310 e. The second-order valence-electron chi connectivity index (χ2n) is 5.90. The van der Waals surface area contributed by atoms with Crippen molar-refractivity contribution in [2.24, 2.45) is 5.92 Å². The van der Waals surface area contributed by atoms with Crippen molar-refractivity contribution in [3.63, 3.8) is 0 Å². The Morgan fingerprint density at radius 2 is 1.94 bits per heavy atom. The zero-order valence-electron chi connectivity index (χ0n) is 11.4. The number of likely N-dealkylation sites (N-methyl/N-ethyl adjacent to an activating group) is 1. The Morgan fingerprint density at radius 1 is 1.22 bits per heavy atom. The van der Waals surface area contributed by atoms with E-state index < -0.39 is 0 Å². The summed E-state index contributed by atoms with van der Waals surface area (Å²) < 4.78 is 0. The van der Waals surface area contributed by atoms with Crippen LogP contribution in [0.5, 0.6) is 0 Å². The van der Waals surface area contributed by atoms with Crippen molar-refractivity contribution < 1.29 is 0 Å². The third kappa shape index (κ3) is 2.19. The quantitative estimate of drug-likeness (QED) is 0.874. The minimum absolute atomic E-state index is 0.326. The molecule has 0 aromatic heterocycles. The Balaban J connectivity index is 1.83. The molecule has 2 nitrogen and oxygen atoms in total. The molecule has 0 radical (unpaired) electrons. The van der Waals surface area contributed by atoms with E-state index in [9.17, 15) is 0 Å². The number of benzene rings is 1. The smallest absolute Gasteiger partial charge is 0.0378 e. The van der Waals surface area contributed by atoms with Gasteiger partial charge in [0.25, 0.3) is 0 Å². The van der Waals surface area contributed by atoms with Crippen LogP contribution in [0.1, 0.15) is 25.3 Å². The average Bonchev–Trinajstić information content (AvgIpc) is 2.41. The molecule has 3 fully saturated rings. The molecule has 4 rings (SSSR count). The van der Waals surface area contributed by atoms with Gasteiger partial charge in [-0.05, 0) is 50.4 Å². The fourth-order valence-electron chi connectivity index (χ4n) is 3.95. The SMILES string of the molecule is CCNC1(Cc2ccccc2)CN2CCC1CC2. The highest BCUT2D eigenvalue weighted by Crippen LogP contribution is 2.37. The van der Waals surface area contributed by atoms with Crippen molar-refractivity contribution in [1.29, 1.82) is 0 Å². The molecule has 3 heterocycles. The number of hydrogen-bond acceptors (Lipinski definition) is 2. The summed E-state index contributed by atoms with van der Waals surface area (Å²) in [5.74, 6) is 0.864. The minimum atomic E-state index is 0.326. The van der Waals surface area contributed by atoms with Crippen LogP contribution in [-0.4, -0.2) is 36.6 Å². The molecule has 0 spiro atoms. The zero-order valence-corrected chi connectivity index (χ0v) is 11.4. The zero-order chi connectivity index (χ0) is 12.4. The van der Waals surface area contributed by atoms with E-state index in [2.05, 4.69) is 47.5 Å². The lowest BCUT2D eigenvalue weighted by Gasteiger charge is -2.54. The second kappa shape index (κ2) is 5.02. The van der Waals surface area contributed by atoms with E-state index in [1.54, 1.807) is 0 Å². The molecule has 3 aliphatic rings. The normalized spacial score (nSPS) is 34.7. The lowest BCUT2D eigenvalue weighted by atomic mass is 9.70. The maximum Gasteiger partial charge on any atom is 0.0378 e. The molecular weight excluding hydrogens is 220 g/mol. The van der Waals surface area contributed by atoms with Gasteiger partial charge in [-0.2, -0.15) is 0 Å². The van der Waals surface area contributed by atoms with Crippen LogP contribution >= 0.6 is 0 Å². The molecule has 3 saturated heterocycles. The van der Waals surface area contributed by atoms with Gasteiger partial charge in [0.05, 0.1) is 0 Å². The minimum Gasteiger partial charge on any atom is -0.310 e. The van der Waals surface area contributed by atoms with Crippen LogP contribution in [0.15, 0.2) is 30.3 Å². The monoisotopic (exact) mass is 244 g/mol. The Kier molecular flexibility index (Phi) is 3.40. The first-order valence-electron chi connectivity index (χ1n) is 7.34. The summed E-state index contributed by atoms with van der Waals surface area (Å²) in [4.78, 5) is 2.64. The van der Waals surface area contributed by atoms with Gasteiger partial charge in [-0.25, -0.2) is 0 Å². The molecule has 1 aromatic rings. The Morgan fingerprint density at radius 3 is 2.50 bits per heavy atom. The van der Waals surface area contributed by atoms with Crippen molar-refractivity contribution in [3.8, 4) is 0 Å². The summed E-state index contributed by atoms with van der Waals surface area (Å²) in [6.07, 6.45) is 3.93. The van der Waals surface area contributed by atoms with Crippen molar-refractivity contribution in [2.45, 2.75) is 31.7 Å². The van der Waals surface area contributed by atoms with Crippen LogP contribution in [0.4, 0.5) is 0 Å². The van der Waals surface area contributed by atoms with Crippen LogP contribution < -0.4 is 5.32 Å². The number of fused-ring (bicyclic) bond motifs is 3. The maximum atomic E-state index is 3.84. The molecule has 0 saturated carbocycles. The van der Waals surface area contributed by atoms with Gasteiger partial charge in [0, 0.05) is 12.1 Å². The van der Waals surface area contributed by atoms with Crippen LogP contribution in [0.25, 0.3) is 0 Å². The van der Waals surface area contributed by atoms with E-state index >= 15 is 0 Å². The summed E-state index contributed by atoms with van der Waals surface area (Å²) in [5, 5.41) is 3.84. The Bertz CT molecular complexity index is 381. The van der Waals surface area contributed by atoms with E-state index in [-0.39, 0.29) is 0 Å². The van der Waals surface area contributed by atoms with Gasteiger partial charge in [0.15, 0.2) is 0 Å². The summed E-state index contributed by atoms with van der Waals surface area (Å²) in [6.45, 7) is 7.18. The topological polar surface area (TPSA) is 15.3 Å². The van der Waals surface area contributed by atoms with E-state index in [0.29, 0.717) is 5.54 Å². The van der Waals surface area contributed by atoms with Gasteiger partial charge in [-0.1, -0.05) is 37.3 Å². The van der Waals surface area contributed by atoms with Crippen molar-refractivity contribution >= 4 is 0 Å². The molecule has 98 valence electrons. The fourth-order valence-corrected chi connectivity index (χ4v) is 3.95. The second-order valence-corrected chi connectivity index (χ2v) is 5.90. The number of hydrogen-bond donors (Lipinski definition) is 1. The highest BCUT2D eigenvalue weighted by atomic mass is 15.2. The molecule has 2 heteroatoms. The van der Waals surface area contributed by atoms with Gasteiger partial charge in [-0.15, -0.1) is 0 Å². The summed E-state index contributed by atoms with van der Waals surface area (Å²) in [6, 6.07) is 11.0. The third-order valence-electron chi connectivity index (χ3n) is 4.77. The molecule has 2 bridgehead atoms. The number of piperidine rings is 3. The first-order chi connectivity index (χ1) is 8.82. The molecule has 1 atom stereocenters. The molecule has 1 unspecified atom stereocenters. The molecule has 18 heavy (non-hydrogen) atoms. The number of nitrogens with one attached hydrogen (secondary N) is 1. The molecule has 1 N–H and O–H groups in total. The van der Waals surface area contributed by atoms with Gasteiger partial charge in [-0.3, -0.25) is 0 Å². The van der Waals surface area contributed by atoms with E-state index in [0.717, 1.165) is 12.5 Å². The standard InChI is InChI=1S/C16H24N2/c1-2-17-16(12-14-6-4-3-5-7-14)13-18-10-8-15(16)9-11-18/h3-7,15,17H,2,8-13H2,1H3. The predicted molar refractivity (Wildman–Crippen MR) is 75.7 cm³/mol. The summed E-state index contributed by atoms with van der Waals surface area (Å²) >= 11 is 0. The predicted octanol–water partition coefficient (Wildman–Crippen LogP) is 2.30. The van der Waals surface area contributed by atoms with Crippen molar-refractivity contribution in [3.05, 3.63) is 35.9 Å². The summed E-state index contributed by atoms with van der Waals surface area (Å²) in [5.41, 5.74) is 1.80. The fraction of sp³-hybridized carbons (Fsp3) is 0.625. The van der Waals surface area contributed by atoms with E-state index in [4.69, 9.17) is 0 Å². The molecule has 0 amide bonds. The Labute approximate surface area is 110 Å². The van der Waals surface area contributed by atoms with Crippen molar-refractivity contribution in [1.82, 2.24) is 10.2 Å². The summed E-state index contributed by atoms with van der Waals surface area (Å²) in [7, 11) is 0. The van der Waals surface area contributed by atoms with Crippen LogP contribution in [-0.2, 0) is 6.42 Å². The molecule has 0 aliphatic carbocycles. The molecular formula is C16H24N2. The van der Waals surface area contributed by atoms with E-state index in [1.807, 2.05) is 0 Å². The number of nitrogens with zero attached hydrogens (tertiary/aromatic N) is 1. The Hall–Kier alpha value is -0.860. The third-order valence-corrected chi connectivity index (χ3v) is 4.77. The lowest BCUT2D eigenvalue weighted by Crippen LogP contribution is -2.66. The lowest BCUT2D eigenvalue weighted by molar-refractivity contribution is 0.00709. The van der Waals surface area contributed by atoms with Crippen LogP contribution in [0.2, 0.25) is 0 Å². The van der Waals surface area contributed by atoms with Gasteiger partial charge in [0.2, 0.25) is 0 Å². The number of rotatable bonds is 4. The van der Waals surface area contributed by atoms with Crippen LogP contribution in [0, 0.1) is 5.92 Å². The first-order valence-corrected chi connectivity index (χ1v) is 7.34. The van der Waals surface area contributed by atoms with E-state index in [1.165, 1.54) is 44.5 Å². The highest BCUT2D eigenvalue weighted by molar-refractivity contribution is 5.20. The first kappa shape index (κ1) is 12.2. The van der Waals surface area contributed by atoms with Gasteiger partial charge >= 0.3 is 0 Å².